The monoisotopic (exact) mass is 271 g/mol. The highest BCUT2D eigenvalue weighted by Crippen LogP contribution is 2.11. The van der Waals surface area contributed by atoms with Crippen LogP contribution in [0.1, 0.15) is 23.3 Å². The molecule has 0 radical (unpaired) electrons. The van der Waals surface area contributed by atoms with Crippen LogP contribution in [0.15, 0.2) is 18.3 Å². The summed E-state index contributed by atoms with van der Waals surface area (Å²) in [6.07, 6.45) is 4.31. The molecule has 18 heavy (non-hydrogen) atoms. The van der Waals surface area contributed by atoms with Gasteiger partial charge in [0.1, 0.15) is 0 Å². The lowest BCUT2D eigenvalue weighted by Gasteiger charge is -2.27. The Morgan fingerprint density at radius 1 is 1.56 bits per heavy atom. The minimum atomic E-state index is 0. The smallest absolute Gasteiger partial charge is 0.192 e. The number of aromatic amines is 1. The highest BCUT2D eigenvalue weighted by Gasteiger charge is 2.17. The Labute approximate surface area is 115 Å². The second-order valence-electron chi connectivity index (χ2n) is 4.92. The second kappa shape index (κ2) is 7.56. The van der Waals surface area contributed by atoms with E-state index in [-0.39, 0.29) is 18.2 Å². The van der Waals surface area contributed by atoms with Crippen LogP contribution in [0.5, 0.6) is 0 Å². The highest BCUT2D eigenvalue weighted by molar-refractivity contribution is 5.95. The van der Waals surface area contributed by atoms with Gasteiger partial charge in [0.2, 0.25) is 0 Å². The van der Waals surface area contributed by atoms with Crippen molar-refractivity contribution in [2.24, 2.45) is 5.92 Å². The van der Waals surface area contributed by atoms with Crippen LogP contribution >= 0.6 is 12.4 Å². The molecule has 0 spiro atoms. The second-order valence-corrected chi connectivity index (χ2v) is 4.92. The maximum Gasteiger partial charge on any atom is 0.192 e. The van der Waals surface area contributed by atoms with Gasteiger partial charge in [0, 0.05) is 12.7 Å². The van der Waals surface area contributed by atoms with Crippen molar-refractivity contribution in [3.63, 3.8) is 0 Å². The lowest BCUT2D eigenvalue weighted by atomic mass is 9.99. The summed E-state index contributed by atoms with van der Waals surface area (Å²) in [5.74, 6) is 0.853. The number of Topliss-reactive ketones (excluding diaryl/α,β-unsaturated/α-hetero) is 1. The Hall–Kier alpha value is -0.840. The van der Waals surface area contributed by atoms with Crippen LogP contribution in [0.2, 0.25) is 0 Å². The zero-order chi connectivity index (χ0) is 12.1. The Morgan fingerprint density at radius 2 is 2.39 bits per heavy atom. The SMILES string of the molecule is CN(CC(=O)c1ccc[nH]1)CC1CCCNC1.Cl. The molecule has 2 rings (SSSR count). The average molecular weight is 272 g/mol. The molecule has 0 bridgehead atoms. The molecule has 1 atom stereocenters. The number of halogens is 1. The van der Waals surface area contributed by atoms with Crippen LogP contribution in [0.3, 0.4) is 0 Å². The number of hydrogen-bond donors (Lipinski definition) is 2. The zero-order valence-corrected chi connectivity index (χ0v) is 11.6. The van der Waals surface area contributed by atoms with E-state index >= 15 is 0 Å². The van der Waals surface area contributed by atoms with E-state index in [4.69, 9.17) is 0 Å². The molecule has 1 aromatic rings. The van der Waals surface area contributed by atoms with Crippen molar-refractivity contribution in [1.82, 2.24) is 15.2 Å². The van der Waals surface area contributed by atoms with Crippen molar-refractivity contribution in [1.29, 1.82) is 0 Å². The summed E-state index contributed by atoms with van der Waals surface area (Å²) >= 11 is 0. The predicted octanol–water partition coefficient (Wildman–Crippen LogP) is 1.55. The highest BCUT2D eigenvalue weighted by atomic mass is 35.5. The normalized spacial score (nSPS) is 19.6. The van der Waals surface area contributed by atoms with Gasteiger partial charge in [-0.3, -0.25) is 9.69 Å². The van der Waals surface area contributed by atoms with Gasteiger partial charge in [-0.1, -0.05) is 0 Å². The van der Waals surface area contributed by atoms with Gasteiger partial charge in [-0.15, -0.1) is 12.4 Å². The maximum atomic E-state index is 11.9. The van der Waals surface area contributed by atoms with Gasteiger partial charge in [-0.05, 0) is 51.0 Å². The fraction of sp³-hybridized carbons (Fsp3) is 0.615. The van der Waals surface area contributed by atoms with Gasteiger partial charge in [-0.25, -0.2) is 0 Å². The molecule has 0 saturated carbocycles. The number of nitrogens with zero attached hydrogens (tertiary/aromatic N) is 1. The average Bonchev–Trinajstić information content (AvgIpc) is 2.83. The number of rotatable bonds is 5. The first-order valence-electron chi connectivity index (χ1n) is 6.31. The largest absolute Gasteiger partial charge is 0.359 e. The topological polar surface area (TPSA) is 48.1 Å². The van der Waals surface area contributed by atoms with E-state index in [1.165, 1.54) is 12.8 Å². The number of ketones is 1. The van der Waals surface area contributed by atoms with E-state index in [9.17, 15) is 4.79 Å². The molecule has 2 N–H and O–H groups in total. The number of aromatic nitrogens is 1. The van der Waals surface area contributed by atoms with Crippen LogP contribution in [0, 0.1) is 5.92 Å². The van der Waals surface area contributed by atoms with Crippen molar-refractivity contribution in [2.45, 2.75) is 12.8 Å². The predicted molar refractivity (Wildman–Crippen MR) is 75.5 cm³/mol. The summed E-state index contributed by atoms with van der Waals surface area (Å²) < 4.78 is 0. The van der Waals surface area contributed by atoms with Gasteiger partial charge in [0.25, 0.3) is 0 Å². The molecule has 4 nitrogen and oxygen atoms in total. The molecule has 2 heterocycles. The number of piperidine rings is 1. The van der Waals surface area contributed by atoms with E-state index in [1.54, 1.807) is 6.20 Å². The Bertz CT molecular complexity index is 347. The van der Waals surface area contributed by atoms with Gasteiger partial charge in [0.05, 0.1) is 12.2 Å². The van der Waals surface area contributed by atoms with Gasteiger partial charge in [0.15, 0.2) is 5.78 Å². The molecular weight excluding hydrogens is 250 g/mol. The first-order chi connectivity index (χ1) is 8.25. The molecule has 1 aromatic heterocycles. The molecule has 1 aliphatic heterocycles. The molecule has 5 heteroatoms. The van der Waals surface area contributed by atoms with Crippen molar-refractivity contribution in [2.75, 3.05) is 33.2 Å². The summed E-state index contributed by atoms with van der Waals surface area (Å²) in [5, 5.41) is 3.40. The van der Waals surface area contributed by atoms with Gasteiger partial charge >= 0.3 is 0 Å². The molecule has 0 amide bonds. The summed E-state index contributed by atoms with van der Waals surface area (Å²) in [4.78, 5) is 17.0. The van der Waals surface area contributed by atoms with Crippen LogP contribution in [-0.2, 0) is 0 Å². The molecule has 102 valence electrons. The van der Waals surface area contributed by atoms with E-state index < -0.39 is 0 Å². The molecule has 1 aliphatic rings. The number of nitrogens with one attached hydrogen (secondary N) is 2. The minimum Gasteiger partial charge on any atom is -0.359 e. The molecule has 0 aliphatic carbocycles. The Morgan fingerprint density at radius 3 is 3.00 bits per heavy atom. The molecule has 0 aromatic carbocycles. The minimum absolute atomic E-state index is 0. The fourth-order valence-corrected chi connectivity index (χ4v) is 2.42. The van der Waals surface area contributed by atoms with Gasteiger partial charge in [-0.2, -0.15) is 0 Å². The summed E-state index contributed by atoms with van der Waals surface area (Å²) in [6.45, 7) is 3.72. The lowest BCUT2D eigenvalue weighted by Crippen LogP contribution is -2.38. The number of carbonyl (C=O) groups is 1. The van der Waals surface area contributed by atoms with Crippen molar-refractivity contribution in [3.05, 3.63) is 24.0 Å². The quantitative estimate of drug-likeness (QED) is 0.799. The first kappa shape index (κ1) is 15.2. The lowest BCUT2D eigenvalue weighted by molar-refractivity contribution is 0.0930. The number of likely N-dealkylation sites (N-methyl/N-ethyl adjacent to an activating group) is 1. The first-order valence-corrected chi connectivity index (χ1v) is 6.31. The summed E-state index contributed by atoms with van der Waals surface area (Å²) in [6, 6.07) is 3.69. The number of H-pyrrole nitrogens is 1. The number of hydrogen-bond acceptors (Lipinski definition) is 3. The summed E-state index contributed by atoms with van der Waals surface area (Å²) in [7, 11) is 2.02. The molecular formula is C13H22ClN3O. The van der Waals surface area contributed by atoms with Gasteiger partial charge < -0.3 is 10.3 Å². The third-order valence-electron chi connectivity index (χ3n) is 3.28. The van der Waals surface area contributed by atoms with Crippen LogP contribution < -0.4 is 5.32 Å². The standard InChI is InChI=1S/C13H21N3O.ClH/c1-16(9-11-4-2-6-14-8-11)10-13(17)12-5-3-7-15-12;/h3,5,7,11,14-15H,2,4,6,8-10H2,1H3;1H. The molecule has 1 fully saturated rings. The van der Waals surface area contributed by atoms with Crippen LogP contribution in [0.25, 0.3) is 0 Å². The van der Waals surface area contributed by atoms with Crippen molar-refractivity contribution < 1.29 is 4.79 Å². The van der Waals surface area contributed by atoms with Crippen LogP contribution in [0.4, 0.5) is 0 Å². The number of carbonyl (C=O) groups excluding carboxylic acids is 1. The van der Waals surface area contributed by atoms with E-state index in [0.717, 1.165) is 19.6 Å². The van der Waals surface area contributed by atoms with E-state index in [2.05, 4.69) is 15.2 Å². The summed E-state index contributed by atoms with van der Waals surface area (Å²) in [5.41, 5.74) is 0.707. The maximum absolute atomic E-state index is 11.9. The zero-order valence-electron chi connectivity index (χ0n) is 10.8. The van der Waals surface area contributed by atoms with Crippen molar-refractivity contribution >= 4 is 18.2 Å². The molecule has 1 unspecified atom stereocenters. The molecule has 1 saturated heterocycles. The fourth-order valence-electron chi connectivity index (χ4n) is 2.42. The van der Waals surface area contributed by atoms with E-state index in [1.807, 2.05) is 19.2 Å². The Balaban J connectivity index is 0.00000162. The Kier molecular flexibility index (Phi) is 6.39. The van der Waals surface area contributed by atoms with Crippen molar-refractivity contribution in [3.8, 4) is 0 Å². The third kappa shape index (κ3) is 4.44. The van der Waals surface area contributed by atoms with Crippen LogP contribution in [-0.4, -0.2) is 48.9 Å². The third-order valence-corrected chi connectivity index (χ3v) is 3.28. The van der Waals surface area contributed by atoms with E-state index in [0.29, 0.717) is 18.2 Å².